The van der Waals surface area contributed by atoms with E-state index in [1.807, 2.05) is 0 Å². The van der Waals surface area contributed by atoms with Gasteiger partial charge in [0.1, 0.15) is 0 Å². The third-order valence-corrected chi connectivity index (χ3v) is 2.66. The first kappa shape index (κ1) is 9.72. The number of primary amides is 1. The fourth-order valence-electron chi connectivity index (χ4n) is 1.36. The number of carbonyl (C=O) groups is 1. The Hall–Kier alpha value is -1.82. The van der Waals surface area contributed by atoms with E-state index in [9.17, 15) is 9.59 Å². The first-order valence-corrected chi connectivity index (χ1v) is 4.98. The highest BCUT2D eigenvalue weighted by molar-refractivity contribution is 7.16. The number of rotatable bonds is 1. The van der Waals surface area contributed by atoms with Crippen LogP contribution in [-0.4, -0.2) is 6.03 Å². The number of nitrogens with one attached hydrogen (secondary N) is 1. The van der Waals surface area contributed by atoms with Crippen molar-refractivity contribution in [1.82, 2.24) is 0 Å². The van der Waals surface area contributed by atoms with E-state index in [0.29, 0.717) is 16.0 Å². The monoisotopic (exact) mass is 224 g/mol. The molecule has 0 unspecified atom stereocenters. The molecule has 5 nitrogen and oxygen atoms in total. The molecule has 2 amide bonds. The van der Waals surface area contributed by atoms with Crippen molar-refractivity contribution in [3.63, 3.8) is 0 Å². The van der Waals surface area contributed by atoms with Gasteiger partial charge in [-0.3, -0.25) is 0 Å². The van der Waals surface area contributed by atoms with Gasteiger partial charge in [0, 0.05) is 5.69 Å². The molecule has 0 atom stereocenters. The third-order valence-electron chi connectivity index (χ3n) is 1.89. The summed E-state index contributed by atoms with van der Waals surface area (Å²) in [7, 11) is 0. The van der Waals surface area contributed by atoms with Crippen LogP contribution in [0.5, 0.6) is 0 Å². The topological polar surface area (TPSA) is 85.3 Å². The number of urea groups is 1. The number of hydrogen-bond acceptors (Lipinski definition) is 4. The zero-order valence-corrected chi connectivity index (χ0v) is 8.68. The Labute approximate surface area is 88.5 Å². The van der Waals surface area contributed by atoms with Gasteiger partial charge in [-0.1, -0.05) is 11.3 Å². The molecule has 0 bridgehead atoms. The molecule has 0 radical (unpaired) electrons. The number of hydrogen-bond donors (Lipinski definition) is 2. The summed E-state index contributed by atoms with van der Waals surface area (Å²) >= 11 is 0.993. The molecule has 15 heavy (non-hydrogen) atoms. The van der Waals surface area contributed by atoms with Gasteiger partial charge >= 0.3 is 11.0 Å². The predicted molar refractivity (Wildman–Crippen MR) is 58.3 cm³/mol. The quantitative estimate of drug-likeness (QED) is 0.772. The Bertz CT molecular complexity index is 585. The summed E-state index contributed by atoms with van der Waals surface area (Å²) in [6.45, 7) is 1.80. The lowest BCUT2D eigenvalue weighted by Gasteiger charge is -2.02. The van der Waals surface area contributed by atoms with Gasteiger partial charge in [0.15, 0.2) is 5.58 Å². The average molecular weight is 224 g/mol. The van der Waals surface area contributed by atoms with Gasteiger partial charge < -0.3 is 15.5 Å². The van der Waals surface area contributed by atoms with Crippen LogP contribution in [0.3, 0.4) is 0 Å². The zero-order chi connectivity index (χ0) is 11.0. The Balaban J connectivity index is 2.61. The van der Waals surface area contributed by atoms with Crippen molar-refractivity contribution in [2.75, 3.05) is 5.32 Å². The summed E-state index contributed by atoms with van der Waals surface area (Å²) in [5.41, 5.74) is 6.89. The first-order chi connectivity index (χ1) is 7.06. The van der Waals surface area contributed by atoms with E-state index in [2.05, 4.69) is 5.32 Å². The summed E-state index contributed by atoms with van der Waals surface area (Å²) < 4.78 is 5.68. The molecule has 0 aliphatic rings. The molecule has 78 valence electrons. The number of anilines is 1. The van der Waals surface area contributed by atoms with E-state index >= 15 is 0 Å². The summed E-state index contributed by atoms with van der Waals surface area (Å²) in [6, 6.07) is 2.72. The van der Waals surface area contributed by atoms with E-state index in [4.69, 9.17) is 10.2 Å². The van der Waals surface area contributed by atoms with E-state index in [0.717, 1.165) is 16.9 Å². The van der Waals surface area contributed by atoms with Crippen molar-refractivity contribution in [2.45, 2.75) is 6.92 Å². The normalized spacial score (nSPS) is 10.5. The van der Waals surface area contributed by atoms with Gasteiger partial charge in [-0.25, -0.2) is 9.59 Å². The van der Waals surface area contributed by atoms with Crippen LogP contribution < -0.4 is 16.0 Å². The highest BCUT2D eigenvalue weighted by atomic mass is 32.1. The molecule has 0 saturated carbocycles. The van der Waals surface area contributed by atoms with Crippen LogP contribution in [0.1, 0.15) is 5.56 Å². The molecule has 0 aliphatic heterocycles. The van der Waals surface area contributed by atoms with Crippen molar-refractivity contribution < 1.29 is 9.21 Å². The van der Waals surface area contributed by atoms with Gasteiger partial charge in [-0.05, 0) is 24.6 Å². The summed E-state index contributed by atoms with van der Waals surface area (Å²) in [5, 5.41) is 2.45. The fourth-order valence-corrected chi connectivity index (χ4v) is 2.14. The molecule has 1 aromatic carbocycles. The van der Waals surface area contributed by atoms with Gasteiger partial charge in [0.25, 0.3) is 0 Å². The summed E-state index contributed by atoms with van der Waals surface area (Å²) in [6.07, 6.45) is 0. The van der Waals surface area contributed by atoms with Crippen LogP contribution in [0.25, 0.3) is 10.3 Å². The smallest absolute Gasteiger partial charge is 0.396 e. The lowest BCUT2D eigenvalue weighted by Crippen LogP contribution is -2.19. The second-order valence-electron chi connectivity index (χ2n) is 3.06. The Morgan fingerprint density at radius 1 is 1.53 bits per heavy atom. The molecule has 3 N–H and O–H groups in total. The molecular formula is C9H8N2O3S. The van der Waals surface area contributed by atoms with E-state index < -0.39 is 6.03 Å². The Morgan fingerprint density at radius 3 is 2.93 bits per heavy atom. The highest BCUT2D eigenvalue weighted by Crippen LogP contribution is 2.25. The van der Waals surface area contributed by atoms with Crippen LogP contribution >= 0.6 is 11.3 Å². The molecule has 1 heterocycles. The standard InChI is InChI=1S/C9H8N2O3S/c1-4-2-5(11-8(10)12)3-6-7(4)14-9(13)15-6/h2-3H,1H3,(H3,10,11,12). The molecule has 0 aliphatic carbocycles. The summed E-state index contributed by atoms with van der Waals surface area (Å²) in [5.74, 6) is 0. The molecule has 6 heteroatoms. The Morgan fingerprint density at radius 2 is 2.27 bits per heavy atom. The number of fused-ring (bicyclic) bond motifs is 1. The minimum atomic E-state index is -0.635. The fraction of sp³-hybridized carbons (Fsp3) is 0.111. The van der Waals surface area contributed by atoms with Crippen molar-refractivity contribution in [3.8, 4) is 0 Å². The number of benzene rings is 1. The van der Waals surface area contributed by atoms with Crippen LogP contribution in [0.4, 0.5) is 10.5 Å². The van der Waals surface area contributed by atoms with Crippen molar-refractivity contribution >= 4 is 33.3 Å². The Kier molecular flexibility index (Phi) is 2.20. The summed E-state index contributed by atoms with van der Waals surface area (Å²) in [4.78, 5) is 21.3. The first-order valence-electron chi connectivity index (χ1n) is 4.17. The number of carbonyl (C=O) groups excluding carboxylic acids is 1. The molecule has 0 saturated heterocycles. The average Bonchev–Trinajstić information content (AvgIpc) is 2.44. The van der Waals surface area contributed by atoms with Gasteiger partial charge in [0.05, 0.1) is 4.70 Å². The molecule has 0 spiro atoms. The SMILES string of the molecule is Cc1cc(NC(N)=O)cc2sc(=O)oc12. The maximum Gasteiger partial charge on any atom is 0.396 e. The largest absolute Gasteiger partial charge is 0.414 e. The molecule has 2 aromatic rings. The number of amides is 2. The predicted octanol–water partition coefficient (Wildman–Crippen LogP) is 1.65. The van der Waals surface area contributed by atoms with E-state index in [-0.39, 0.29) is 4.94 Å². The maximum atomic E-state index is 11.0. The second kappa shape index (κ2) is 3.39. The van der Waals surface area contributed by atoms with Gasteiger partial charge in [-0.2, -0.15) is 0 Å². The second-order valence-corrected chi connectivity index (χ2v) is 4.04. The lowest BCUT2D eigenvalue weighted by molar-refractivity contribution is 0.259. The van der Waals surface area contributed by atoms with Gasteiger partial charge in [0.2, 0.25) is 0 Å². The highest BCUT2D eigenvalue weighted by Gasteiger charge is 2.07. The van der Waals surface area contributed by atoms with Crippen LogP contribution in [0.15, 0.2) is 21.3 Å². The molecule has 1 aromatic heterocycles. The van der Waals surface area contributed by atoms with Crippen molar-refractivity contribution in [2.24, 2.45) is 5.73 Å². The van der Waals surface area contributed by atoms with Crippen LogP contribution in [0.2, 0.25) is 0 Å². The van der Waals surface area contributed by atoms with Gasteiger partial charge in [-0.15, -0.1) is 0 Å². The lowest BCUT2D eigenvalue weighted by atomic mass is 10.2. The molecule has 2 rings (SSSR count). The van der Waals surface area contributed by atoms with Crippen LogP contribution in [0, 0.1) is 6.92 Å². The van der Waals surface area contributed by atoms with Crippen molar-refractivity contribution in [1.29, 1.82) is 0 Å². The minimum absolute atomic E-state index is 0.357. The van der Waals surface area contributed by atoms with Crippen molar-refractivity contribution in [3.05, 3.63) is 27.4 Å². The van der Waals surface area contributed by atoms with E-state index in [1.165, 1.54) is 0 Å². The number of nitrogens with two attached hydrogens (primary N) is 1. The molecular weight excluding hydrogens is 216 g/mol. The molecule has 0 fully saturated rings. The maximum absolute atomic E-state index is 11.0. The minimum Gasteiger partial charge on any atom is -0.414 e. The third kappa shape index (κ3) is 1.84. The van der Waals surface area contributed by atoms with E-state index in [1.54, 1.807) is 19.1 Å². The zero-order valence-electron chi connectivity index (χ0n) is 7.87. The number of aryl methyl sites for hydroxylation is 1. The van der Waals surface area contributed by atoms with Crippen LogP contribution in [-0.2, 0) is 0 Å².